The number of hydrogen-bond acceptors (Lipinski definition) is 2. The van der Waals surface area contributed by atoms with Gasteiger partial charge in [0.2, 0.25) is 0 Å². The van der Waals surface area contributed by atoms with Crippen LogP contribution in [-0.4, -0.2) is 9.97 Å². The van der Waals surface area contributed by atoms with Crippen LogP contribution in [0.25, 0.3) is 11.1 Å². The summed E-state index contributed by atoms with van der Waals surface area (Å²) in [5.74, 6) is 0. The van der Waals surface area contributed by atoms with Crippen molar-refractivity contribution in [2.24, 2.45) is 0 Å². The summed E-state index contributed by atoms with van der Waals surface area (Å²) >= 11 is 0. The lowest BCUT2D eigenvalue weighted by Gasteiger charge is -1.99. The number of pyridine rings is 2. The first-order valence-electron chi connectivity index (χ1n) is 4.37. The highest BCUT2D eigenvalue weighted by Crippen LogP contribution is 2.11. The Hall–Kier alpha value is -1.90. The van der Waals surface area contributed by atoms with Gasteiger partial charge in [0.25, 0.3) is 0 Å². The average Bonchev–Trinajstić information content (AvgIpc) is 2.19. The molecule has 3 heteroatoms. The molecule has 2 aromatic heterocycles. The van der Waals surface area contributed by atoms with Gasteiger partial charge < -0.3 is 4.98 Å². The lowest BCUT2D eigenvalue weighted by molar-refractivity contribution is 1.18. The SMILES string of the molecule is Cc1cc(=O)c(-c2cccnc2)c[nH]1. The first-order valence-corrected chi connectivity index (χ1v) is 4.37. The summed E-state index contributed by atoms with van der Waals surface area (Å²) in [4.78, 5) is 18.6. The van der Waals surface area contributed by atoms with Gasteiger partial charge >= 0.3 is 0 Å². The minimum Gasteiger partial charge on any atom is -0.364 e. The first-order chi connectivity index (χ1) is 6.77. The van der Waals surface area contributed by atoms with Crippen LogP contribution in [0, 0.1) is 6.92 Å². The van der Waals surface area contributed by atoms with E-state index in [1.165, 1.54) is 0 Å². The molecule has 0 aliphatic carbocycles. The molecule has 2 rings (SSSR count). The summed E-state index contributed by atoms with van der Waals surface area (Å²) in [5.41, 5.74) is 2.38. The molecular weight excluding hydrogens is 176 g/mol. The lowest BCUT2D eigenvalue weighted by Crippen LogP contribution is -2.04. The Labute approximate surface area is 81.5 Å². The minimum atomic E-state index is 0.0225. The average molecular weight is 186 g/mol. The molecule has 70 valence electrons. The van der Waals surface area contributed by atoms with E-state index >= 15 is 0 Å². The van der Waals surface area contributed by atoms with Gasteiger partial charge in [-0.05, 0) is 13.0 Å². The molecule has 0 radical (unpaired) electrons. The molecule has 0 saturated carbocycles. The van der Waals surface area contributed by atoms with Gasteiger partial charge in [0.05, 0.1) is 0 Å². The third kappa shape index (κ3) is 1.57. The van der Waals surface area contributed by atoms with Gasteiger partial charge in [0, 0.05) is 41.5 Å². The number of H-pyrrole nitrogens is 1. The van der Waals surface area contributed by atoms with Crippen LogP contribution in [0.3, 0.4) is 0 Å². The van der Waals surface area contributed by atoms with Crippen molar-refractivity contribution in [2.45, 2.75) is 6.92 Å². The fourth-order valence-electron chi connectivity index (χ4n) is 1.32. The van der Waals surface area contributed by atoms with E-state index in [2.05, 4.69) is 9.97 Å². The fourth-order valence-corrected chi connectivity index (χ4v) is 1.32. The second-order valence-electron chi connectivity index (χ2n) is 3.14. The van der Waals surface area contributed by atoms with Gasteiger partial charge in [0.15, 0.2) is 5.43 Å². The number of hydrogen-bond donors (Lipinski definition) is 1. The van der Waals surface area contributed by atoms with Gasteiger partial charge in [-0.1, -0.05) is 6.07 Å². The smallest absolute Gasteiger partial charge is 0.189 e. The van der Waals surface area contributed by atoms with Crippen molar-refractivity contribution in [3.05, 3.63) is 52.7 Å². The normalized spacial score (nSPS) is 10.1. The zero-order valence-electron chi connectivity index (χ0n) is 7.82. The Morgan fingerprint density at radius 3 is 2.93 bits per heavy atom. The molecule has 0 unspecified atom stereocenters. The summed E-state index contributed by atoms with van der Waals surface area (Å²) < 4.78 is 0. The highest BCUT2D eigenvalue weighted by Gasteiger charge is 2.01. The topological polar surface area (TPSA) is 45.8 Å². The molecule has 0 atom stereocenters. The van der Waals surface area contributed by atoms with Crippen LogP contribution >= 0.6 is 0 Å². The Kier molecular flexibility index (Phi) is 2.14. The van der Waals surface area contributed by atoms with Crippen molar-refractivity contribution < 1.29 is 0 Å². The Morgan fingerprint density at radius 2 is 2.29 bits per heavy atom. The van der Waals surface area contributed by atoms with Crippen LogP contribution in [0.1, 0.15) is 5.69 Å². The van der Waals surface area contributed by atoms with Gasteiger partial charge in [0.1, 0.15) is 0 Å². The quantitative estimate of drug-likeness (QED) is 0.737. The Balaban J connectivity index is 2.59. The largest absolute Gasteiger partial charge is 0.364 e. The van der Waals surface area contributed by atoms with E-state index in [0.717, 1.165) is 11.3 Å². The van der Waals surface area contributed by atoms with Crippen molar-refractivity contribution in [3.63, 3.8) is 0 Å². The molecule has 0 aromatic carbocycles. The van der Waals surface area contributed by atoms with Crippen molar-refractivity contribution in [1.29, 1.82) is 0 Å². The van der Waals surface area contributed by atoms with Crippen LogP contribution < -0.4 is 5.43 Å². The van der Waals surface area contributed by atoms with E-state index in [1.807, 2.05) is 19.1 Å². The third-order valence-electron chi connectivity index (χ3n) is 2.03. The molecule has 2 heterocycles. The molecule has 0 amide bonds. The fraction of sp³-hybridized carbons (Fsp3) is 0.0909. The van der Waals surface area contributed by atoms with E-state index in [0.29, 0.717) is 5.56 Å². The van der Waals surface area contributed by atoms with E-state index < -0.39 is 0 Å². The molecule has 2 aromatic rings. The predicted octanol–water partition coefficient (Wildman–Crippen LogP) is 1.75. The molecule has 0 bridgehead atoms. The Morgan fingerprint density at radius 1 is 1.43 bits per heavy atom. The highest BCUT2D eigenvalue weighted by molar-refractivity contribution is 5.60. The highest BCUT2D eigenvalue weighted by atomic mass is 16.1. The number of aryl methyl sites for hydroxylation is 1. The van der Waals surface area contributed by atoms with Crippen molar-refractivity contribution in [2.75, 3.05) is 0 Å². The molecule has 0 fully saturated rings. The maximum Gasteiger partial charge on any atom is 0.189 e. The predicted molar refractivity (Wildman–Crippen MR) is 55.0 cm³/mol. The number of nitrogens with zero attached hydrogens (tertiary/aromatic N) is 1. The Bertz CT molecular complexity index is 488. The second-order valence-corrected chi connectivity index (χ2v) is 3.14. The summed E-state index contributed by atoms with van der Waals surface area (Å²) in [6.07, 6.45) is 5.08. The lowest BCUT2D eigenvalue weighted by atomic mass is 10.1. The summed E-state index contributed by atoms with van der Waals surface area (Å²) in [7, 11) is 0. The van der Waals surface area contributed by atoms with E-state index in [1.54, 1.807) is 24.7 Å². The van der Waals surface area contributed by atoms with Gasteiger partial charge in [-0.25, -0.2) is 0 Å². The standard InChI is InChI=1S/C11H10N2O/c1-8-5-11(14)10(7-13-8)9-3-2-4-12-6-9/h2-7H,1H3,(H,13,14). The van der Waals surface area contributed by atoms with Crippen LogP contribution in [0.5, 0.6) is 0 Å². The summed E-state index contributed by atoms with van der Waals surface area (Å²) in [6, 6.07) is 5.27. The molecule has 3 nitrogen and oxygen atoms in total. The van der Waals surface area contributed by atoms with Crippen LogP contribution in [-0.2, 0) is 0 Å². The van der Waals surface area contributed by atoms with E-state index in [-0.39, 0.29) is 5.43 Å². The van der Waals surface area contributed by atoms with Crippen LogP contribution in [0.2, 0.25) is 0 Å². The van der Waals surface area contributed by atoms with Gasteiger partial charge in [-0.15, -0.1) is 0 Å². The molecule has 0 spiro atoms. The maximum absolute atomic E-state index is 11.6. The number of aromatic nitrogens is 2. The number of aromatic amines is 1. The van der Waals surface area contributed by atoms with E-state index in [9.17, 15) is 4.79 Å². The van der Waals surface area contributed by atoms with Crippen LogP contribution in [0.15, 0.2) is 41.6 Å². The van der Waals surface area contributed by atoms with Crippen LogP contribution in [0.4, 0.5) is 0 Å². The molecule has 0 saturated heterocycles. The maximum atomic E-state index is 11.6. The summed E-state index contributed by atoms with van der Waals surface area (Å²) in [5, 5.41) is 0. The first kappa shape index (κ1) is 8.69. The van der Waals surface area contributed by atoms with E-state index in [4.69, 9.17) is 0 Å². The second kappa shape index (κ2) is 3.46. The van der Waals surface area contributed by atoms with Gasteiger partial charge in [-0.2, -0.15) is 0 Å². The third-order valence-corrected chi connectivity index (χ3v) is 2.03. The zero-order chi connectivity index (χ0) is 9.97. The molecule has 1 N–H and O–H groups in total. The summed E-state index contributed by atoms with van der Waals surface area (Å²) in [6.45, 7) is 1.86. The van der Waals surface area contributed by atoms with Crippen molar-refractivity contribution in [1.82, 2.24) is 9.97 Å². The molecule has 0 aliphatic heterocycles. The number of rotatable bonds is 1. The van der Waals surface area contributed by atoms with Crippen molar-refractivity contribution in [3.8, 4) is 11.1 Å². The zero-order valence-corrected chi connectivity index (χ0v) is 7.82. The van der Waals surface area contributed by atoms with Gasteiger partial charge in [-0.3, -0.25) is 9.78 Å². The monoisotopic (exact) mass is 186 g/mol. The molecular formula is C11H10N2O. The molecule has 0 aliphatic rings. The molecule has 14 heavy (non-hydrogen) atoms. The minimum absolute atomic E-state index is 0.0225. The van der Waals surface area contributed by atoms with Crippen molar-refractivity contribution >= 4 is 0 Å². The number of nitrogens with one attached hydrogen (secondary N) is 1.